The molecule has 0 saturated carbocycles. The van der Waals surface area contributed by atoms with Gasteiger partial charge in [-0.1, -0.05) is 0 Å². The van der Waals surface area contributed by atoms with Gasteiger partial charge in [-0.3, -0.25) is 4.79 Å². The first-order chi connectivity index (χ1) is 10.0. The van der Waals surface area contributed by atoms with Gasteiger partial charge in [-0.15, -0.1) is 0 Å². The minimum Gasteiger partial charge on any atom is -0.376 e. The van der Waals surface area contributed by atoms with E-state index in [2.05, 4.69) is 15.3 Å². The average molecular weight is 305 g/mol. The van der Waals surface area contributed by atoms with Gasteiger partial charge in [0.05, 0.1) is 23.2 Å². The van der Waals surface area contributed by atoms with Crippen molar-refractivity contribution >= 4 is 34.8 Å². The number of imidazole rings is 1. The molecule has 6 heteroatoms. The molecule has 1 saturated heterocycles. The van der Waals surface area contributed by atoms with Crippen molar-refractivity contribution in [2.75, 3.05) is 5.32 Å². The van der Waals surface area contributed by atoms with Gasteiger partial charge in [0, 0.05) is 11.6 Å². The first-order valence-corrected chi connectivity index (χ1v) is 7.60. The number of aromatic nitrogens is 2. The van der Waals surface area contributed by atoms with Gasteiger partial charge in [0.2, 0.25) is 5.91 Å². The summed E-state index contributed by atoms with van der Waals surface area (Å²) in [5.74, 6) is 0.0645. The van der Waals surface area contributed by atoms with E-state index in [1.807, 2.05) is 32.0 Å². The molecule has 0 radical (unpaired) electrons. The highest BCUT2D eigenvalue weighted by Gasteiger charge is 2.29. The second kappa shape index (κ2) is 5.61. The van der Waals surface area contributed by atoms with Crippen molar-refractivity contribution in [3.8, 4) is 0 Å². The second-order valence-corrected chi connectivity index (χ2v) is 6.16. The van der Waals surface area contributed by atoms with Gasteiger partial charge < -0.3 is 20.0 Å². The maximum absolute atomic E-state index is 12.4. The van der Waals surface area contributed by atoms with Crippen molar-refractivity contribution < 1.29 is 9.53 Å². The molecule has 5 nitrogen and oxygen atoms in total. The molecule has 0 bridgehead atoms. The normalized spacial score (nSPS) is 25.9. The number of H-pyrrole nitrogens is 2. The van der Waals surface area contributed by atoms with Crippen LogP contribution in [-0.4, -0.2) is 28.1 Å². The second-order valence-electron chi connectivity index (χ2n) is 5.75. The molecule has 1 unspecified atom stereocenters. The van der Waals surface area contributed by atoms with E-state index in [0.717, 1.165) is 29.6 Å². The molecule has 3 N–H and O–H groups in total. The lowest BCUT2D eigenvalue weighted by Gasteiger charge is -2.31. The van der Waals surface area contributed by atoms with Gasteiger partial charge >= 0.3 is 0 Å². The fourth-order valence-electron chi connectivity index (χ4n) is 2.97. The topological polar surface area (TPSA) is 69.9 Å². The average Bonchev–Trinajstić information content (AvgIpc) is 2.77. The van der Waals surface area contributed by atoms with E-state index in [1.54, 1.807) is 0 Å². The molecule has 0 aliphatic carbocycles. The summed E-state index contributed by atoms with van der Waals surface area (Å²) in [5.41, 5.74) is 2.61. The number of carbonyl (C=O) groups is 1. The molecule has 1 aromatic heterocycles. The number of nitrogens with one attached hydrogen (secondary N) is 3. The zero-order chi connectivity index (χ0) is 15.0. The summed E-state index contributed by atoms with van der Waals surface area (Å²) < 4.78 is 6.26. The van der Waals surface area contributed by atoms with E-state index in [0.29, 0.717) is 4.77 Å². The summed E-state index contributed by atoms with van der Waals surface area (Å²) in [5, 5.41) is 2.99. The summed E-state index contributed by atoms with van der Waals surface area (Å²) in [4.78, 5) is 18.5. The number of anilines is 1. The molecule has 1 aliphatic heterocycles. The van der Waals surface area contributed by atoms with E-state index >= 15 is 0 Å². The Morgan fingerprint density at radius 2 is 1.90 bits per heavy atom. The highest BCUT2D eigenvalue weighted by atomic mass is 32.1. The molecule has 1 fully saturated rings. The van der Waals surface area contributed by atoms with Gasteiger partial charge in [-0.05, 0) is 57.1 Å². The number of benzene rings is 1. The Labute approximate surface area is 128 Å². The smallest absolute Gasteiger partial charge is 0.227 e. The highest BCUT2D eigenvalue weighted by Crippen LogP contribution is 2.26. The molecule has 2 heterocycles. The molecule has 1 amide bonds. The van der Waals surface area contributed by atoms with E-state index < -0.39 is 0 Å². The zero-order valence-electron chi connectivity index (χ0n) is 12.1. The Bertz CT molecular complexity index is 711. The maximum Gasteiger partial charge on any atom is 0.227 e. The summed E-state index contributed by atoms with van der Waals surface area (Å²) in [6, 6.07) is 5.68. The van der Waals surface area contributed by atoms with Crippen LogP contribution in [0, 0.1) is 10.7 Å². The standard InChI is InChI=1S/C15H19N3O2S/c1-8-5-10(6-9(2)20-8)14(19)16-11-3-4-12-13(7-11)18-15(21)17-12/h3-4,7-10H,5-6H2,1-2H3,(H,16,19)(H2,17,18,21)/t8-,9+,10?. The van der Waals surface area contributed by atoms with Gasteiger partial charge in [0.15, 0.2) is 4.77 Å². The first kappa shape index (κ1) is 14.3. The number of ether oxygens (including phenoxy) is 1. The van der Waals surface area contributed by atoms with E-state index in [1.165, 1.54) is 0 Å². The van der Waals surface area contributed by atoms with Crippen LogP contribution >= 0.6 is 12.2 Å². The molecular formula is C15H19N3O2S. The molecule has 1 aliphatic rings. The lowest BCUT2D eigenvalue weighted by molar-refractivity contribution is -0.127. The van der Waals surface area contributed by atoms with E-state index in [9.17, 15) is 4.79 Å². The van der Waals surface area contributed by atoms with Crippen LogP contribution < -0.4 is 5.32 Å². The predicted octanol–water partition coefficient (Wildman–Crippen LogP) is 3.37. The first-order valence-electron chi connectivity index (χ1n) is 7.19. The monoisotopic (exact) mass is 305 g/mol. The van der Waals surface area contributed by atoms with Crippen LogP contribution in [-0.2, 0) is 9.53 Å². The van der Waals surface area contributed by atoms with Gasteiger partial charge in [-0.25, -0.2) is 0 Å². The number of amides is 1. The van der Waals surface area contributed by atoms with E-state index in [-0.39, 0.29) is 24.0 Å². The third kappa shape index (κ3) is 3.16. The van der Waals surface area contributed by atoms with Crippen molar-refractivity contribution in [2.24, 2.45) is 5.92 Å². The number of hydrogen-bond donors (Lipinski definition) is 3. The number of aromatic amines is 2. The Morgan fingerprint density at radius 1 is 1.24 bits per heavy atom. The van der Waals surface area contributed by atoms with E-state index in [4.69, 9.17) is 17.0 Å². The molecular weight excluding hydrogens is 286 g/mol. The predicted molar refractivity (Wildman–Crippen MR) is 84.8 cm³/mol. The van der Waals surface area contributed by atoms with Crippen LogP contribution in [0.1, 0.15) is 26.7 Å². The number of fused-ring (bicyclic) bond motifs is 1. The van der Waals surface area contributed by atoms with Gasteiger partial charge in [0.1, 0.15) is 0 Å². The van der Waals surface area contributed by atoms with Crippen LogP contribution in [0.4, 0.5) is 5.69 Å². The van der Waals surface area contributed by atoms with Crippen LogP contribution in [0.15, 0.2) is 18.2 Å². The summed E-state index contributed by atoms with van der Waals surface area (Å²) >= 11 is 5.06. The van der Waals surface area contributed by atoms with Crippen molar-refractivity contribution in [3.05, 3.63) is 23.0 Å². The zero-order valence-corrected chi connectivity index (χ0v) is 12.9. The molecule has 2 aromatic rings. The third-order valence-electron chi connectivity index (χ3n) is 3.85. The SMILES string of the molecule is C[C@@H]1CC(C(=O)Nc2ccc3[nH]c(=S)[nH]c3c2)C[C@H](C)O1. The van der Waals surface area contributed by atoms with Crippen LogP contribution in [0.5, 0.6) is 0 Å². The van der Waals surface area contributed by atoms with Crippen LogP contribution in [0.25, 0.3) is 11.0 Å². The number of rotatable bonds is 2. The van der Waals surface area contributed by atoms with Crippen LogP contribution in [0.2, 0.25) is 0 Å². The molecule has 0 spiro atoms. The van der Waals surface area contributed by atoms with Crippen molar-refractivity contribution in [1.29, 1.82) is 0 Å². The Kier molecular flexibility index (Phi) is 3.82. The minimum atomic E-state index is 0.00386. The minimum absolute atomic E-state index is 0.00386. The summed E-state index contributed by atoms with van der Waals surface area (Å²) in [6.07, 6.45) is 1.80. The lowest BCUT2D eigenvalue weighted by atomic mass is 9.92. The lowest BCUT2D eigenvalue weighted by Crippen LogP contribution is -2.36. The molecule has 3 atom stereocenters. The Morgan fingerprint density at radius 3 is 2.62 bits per heavy atom. The van der Waals surface area contributed by atoms with Crippen LogP contribution in [0.3, 0.4) is 0 Å². The fourth-order valence-corrected chi connectivity index (χ4v) is 3.19. The largest absolute Gasteiger partial charge is 0.376 e. The number of carbonyl (C=O) groups excluding carboxylic acids is 1. The molecule has 112 valence electrons. The van der Waals surface area contributed by atoms with Gasteiger partial charge in [-0.2, -0.15) is 0 Å². The molecule has 3 rings (SSSR count). The van der Waals surface area contributed by atoms with Gasteiger partial charge in [0.25, 0.3) is 0 Å². The molecule has 21 heavy (non-hydrogen) atoms. The number of hydrogen-bond acceptors (Lipinski definition) is 3. The van der Waals surface area contributed by atoms with Crippen molar-refractivity contribution in [1.82, 2.24) is 9.97 Å². The summed E-state index contributed by atoms with van der Waals surface area (Å²) in [6.45, 7) is 4.03. The Balaban J connectivity index is 1.74. The maximum atomic E-state index is 12.4. The Hall–Kier alpha value is -1.66. The van der Waals surface area contributed by atoms with Crippen molar-refractivity contribution in [3.63, 3.8) is 0 Å². The third-order valence-corrected chi connectivity index (χ3v) is 4.06. The molecule has 1 aromatic carbocycles. The van der Waals surface area contributed by atoms with Crippen molar-refractivity contribution in [2.45, 2.75) is 38.9 Å². The summed E-state index contributed by atoms with van der Waals surface area (Å²) in [7, 11) is 0. The highest BCUT2D eigenvalue weighted by molar-refractivity contribution is 7.71. The quantitative estimate of drug-likeness (QED) is 0.745. The fraction of sp³-hybridized carbons (Fsp3) is 0.467.